The molecule has 8 nitrogen and oxygen atoms in total. The minimum absolute atomic E-state index is 0.115. The van der Waals surface area contributed by atoms with Crippen molar-refractivity contribution >= 4 is 45.2 Å². The first kappa shape index (κ1) is 22.8. The highest BCUT2D eigenvalue weighted by molar-refractivity contribution is 9.10. The maximum Gasteiger partial charge on any atom is 0.234 e. The summed E-state index contributed by atoms with van der Waals surface area (Å²) in [6.45, 7) is 0.253. The molecule has 10 heteroatoms. The third kappa shape index (κ3) is 6.83. The Bertz CT molecular complexity index is 1060. The number of benzene rings is 2. The van der Waals surface area contributed by atoms with E-state index in [-0.39, 0.29) is 30.5 Å². The van der Waals surface area contributed by atoms with Crippen LogP contribution in [-0.2, 0) is 29.6 Å². The molecule has 0 atom stereocenters. The van der Waals surface area contributed by atoms with Crippen molar-refractivity contribution < 1.29 is 14.3 Å². The van der Waals surface area contributed by atoms with Gasteiger partial charge in [-0.3, -0.25) is 9.59 Å². The number of methoxy groups -OCH3 is 1. The van der Waals surface area contributed by atoms with Gasteiger partial charge in [0.15, 0.2) is 11.0 Å². The van der Waals surface area contributed by atoms with Crippen LogP contribution in [0.5, 0.6) is 5.75 Å². The van der Waals surface area contributed by atoms with Crippen LogP contribution < -0.4 is 15.4 Å². The van der Waals surface area contributed by atoms with E-state index in [0.29, 0.717) is 11.0 Å². The number of ether oxygens (including phenoxy) is 1. The lowest BCUT2D eigenvalue weighted by molar-refractivity contribution is -0.120. The van der Waals surface area contributed by atoms with Crippen LogP contribution in [0.3, 0.4) is 0 Å². The Morgan fingerprint density at radius 3 is 2.61 bits per heavy atom. The molecule has 2 aromatic carbocycles. The molecule has 31 heavy (non-hydrogen) atoms. The smallest absolute Gasteiger partial charge is 0.234 e. The molecule has 0 bridgehead atoms. The largest absolute Gasteiger partial charge is 0.497 e. The number of nitrogens with one attached hydrogen (secondary N) is 2. The van der Waals surface area contributed by atoms with Crippen LogP contribution in [0, 0.1) is 0 Å². The van der Waals surface area contributed by atoms with Crippen LogP contribution in [0.15, 0.2) is 58.2 Å². The quantitative estimate of drug-likeness (QED) is 0.435. The summed E-state index contributed by atoms with van der Waals surface area (Å²) in [5.74, 6) is 1.30. The zero-order valence-corrected chi connectivity index (χ0v) is 19.5. The number of hydrogen-bond donors (Lipinski definition) is 2. The molecule has 2 N–H and O–H groups in total. The van der Waals surface area contributed by atoms with Gasteiger partial charge in [0, 0.05) is 17.2 Å². The maximum absolute atomic E-state index is 12.2. The number of amides is 2. The molecule has 0 aliphatic heterocycles. The van der Waals surface area contributed by atoms with E-state index in [0.717, 1.165) is 21.5 Å². The Kier molecular flexibility index (Phi) is 8.07. The van der Waals surface area contributed by atoms with E-state index in [9.17, 15) is 9.59 Å². The average Bonchev–Trinajstić information content (AvgIpc) is 3.11. The summed E-state index contributed by atoms with van der Waals surface area (Å²) >= 11 is 4.66. The third-order valence-electron chi connectivity index (χ3n) is 4.33. The monoisotopic (exact) mass is 503 g/mol. The molecule has 0 fully saturated rings. The molecular formula is C21H22BrN5O3S. The van der Waals surface area contributed by atoms with Crippen molar-refractivity contribution in [1.82, 2.24) is 20.1 Å². The van der Waals surface area contributed by atoms with E-state index in [1.807, 2.05) is 48.5 Å². The fourth-order valence-corrected chi connectivity index (χ4v) is 3.82. The van der Waals surface area contributed by atoms with Crippen LogP contribution in [-0.4, -0.2) is 39.4 Å². The second-order valence-electron chi connectivity index (χ2n) is 6.61. The van der Waals surface area contributed by atoms with Gasteiger partial charge >= 0.3 is 0 Å². The summed E-state index contributed by atoms with van der Waals surface area (Å²) in [5, 5.41) is 14.5. The van der Waals surface area contributed by atoms with Crippen LogP contribution in [0.25, 0.3) is 0 Å². The first-order valence-corrected chi connectivity index (χ1v) is 11.2. The topological polar surface area (TPSA) is 98.1 Å². The number of carbonyl (C=O) groups is 2. The second-order valence-corrected chi connectivity index (χ2v) is 8.46. The molecular weight excluding hydrogens is 482 g/mol. The molecule has 1 heterocycles. The van der Waals surface area contributed by atoms with E-state index in [1.165, 1.54) is 11.8 Å². The van der Waals surface area contributed by atoms with Crippen molar-refractivity contribution in [3.63, 3.8) is 0 Å². The molecule has 3 aromatic rings. The summed E-state index contributed by atoms with van der Waals surface area (Å²) in [5.41, 5.74) is 1.61. The molecule has 0 saturated heterocycles. The summed E-state index contributed by atoms with van der Waals surface area (Å²) in [7, 11) is 3.41. The highest BCUT2D eigenvalue weighted by Gasteiger charge is 2.13. The zero-order valence-electron chi connectivity index (χ0n) is 17.1. The van der Waals surface area contributed by atoms with Gasteiger partial charge in [0.2, 0.25) is 11.8 Å². The number of rotatable bonds is 9. The van der Waals surface area contributed by atoms with Gasteiger partial charge in [0.1, 0.15) is 5.75 Å². The van der Waals surface area contributed by atoms with Gasteiger partial charge in [-0.15, -0.1) is 10.2 Å². The predicted octanol–water partition coefficient (Wildman–Crippen LogP) is 3.18. The summed E-state index contributed by atoms with van der Waals surface area (Å²) in [4.78, 5) is 24.4. The van der Waals surface area contributed by atoms with E-state index in [1.54, 1.807) is 18.7 Å². The Morgan fingerprint density at radius 1 is 1.13 bits per heavy atom. The minimum atomic E-state index is -0.138. The van der Waals surface area contributed by atoms with Gasteiger partial charge in [-0.25, -0.2) is 0 Å². The molecule has 0 unspecified atom stereocenters. The predicted molar refractivity (Wildman–Crippen MR) is 123 cm³/mol. The molecule has 0 aliphatic rings. The lowest BCUT2D eigenvalue weighted by Gasteiger charge is -2.07. The summed E-state index contributed by atoms with van der Waals surface area (Å²) < 4.78 is 7.78. The number of hydrogen-bond acceptors (Lipinski definition) is 6. The number of aromatic nitrogens is 3. The van der Waals surface area contributed by atoms with Crippen LogP contribution >= 0.6 is 27.7 Å². The fourth-order valence-electron chi connectivity index (χ4n) is 2.69. The zero-order chi connectivity index (χ0) is 22.2. The molecule has 1 aromatic heterocycles. The molecule has 0 radical (unpaired) electrons. The molecule has 0 spiro atoms. The average molecular weight is 504 g/mol. The second kappa shape index (κ2) is 11.0. The lowest BCUT2D eigenvalue weighted by Crippen LogP contribution is -2.26. The molecule has 2 amide bonds. The normalized spacial score (nSPS) is 10.5. The van der Waals surface area contributed by atoms with Crippen molar-refractivity contribution in [1.29, 1.82) is 0 Å². The van der Waals surface area contributed by atoms with E-state index in [2.05, 4.69) is 36.8 Å². The van der Waals surface area contributed by atoms with Crippen molar-refractivity contribution in [2.24, 2.45) is 7.05 Å². The van der Waals surface area contributed by atoms with Gasteiger partial charge < -0.3 is 19.9 Å². The minimum Gasteiger partial charge on any atom is -0.497 e. The highest BCUT2D eigenvalue weighted by Crippen LogP contribution is 2.18. The van der Waals surface area contributed by atoms with Gasteiger partial charge in [0.05, 0.1) is 25.8 Å². The Hall–Kier alpha value is -2.85. The number of halogens is 1. The molecule has 3 rings (SSSR count). The molecule has 162 valence electrons. The highest BCUT2D eigenvalue weighted by atomic mass is 79.9. The summed E-state index contributed by atoms with van der Waals surface area (Å²) in [6, 6.07) is 14.7. The Morgan fingerprint density at radius 2 is 1.90 bits per heavy atom. The van der Waals surface area contributed by atoms with Gasteiger partial charge in [-0.2, -0.15) is 0 Å². The van der Waals surface area contributed by atoms with E-state index < -0.39 is 0 Å². The number of anilines is 1. The fraction of sp³-hybridized carbons (Fsp3) is 0.238. The summed E-state index contributed by atoms with van der Waals surface area (Å²) in [6.07, 6.45) is 0.263. The number of thioether (sulfide) groups is 1. The van der Waals surface area contributed by atoms with Crippen molar-refractivity contribution in [2.75, 3.05) is 18.2 Å². The van der Waals surface area contributed by atoms with E-state index >= 15 is 0 Å². The van der Waals surface area contributed by atoms with E-state index in [4.69, 9.17) is 4.74 Å². The van der Waals surface area contributed by atoms with Gasteiger partial charge in [-0.1, -0.05) is 45.9 Å². The van der Waals surface area contributed by atoms with Crippen LogP contribution in [0.4, 0.5) is 5.69 Å². The standard InChI is InChI=1S/C21H22BrN5O3S/c1-27-18(12-23-19(28)10-14-6-8-17(30-2)9-7-14)25-26-21(27)31-13-20(29)24-16-5-3-4-15(22)11-16/h3-9,11H,10,12-13H2,1-2H3,(H,23,28)(H,24,29). The number of nitrogens with zero attached hydrogens (tertiary/aromatic N) is 3. The molecule has 0 aliphatic carbocycles. The number of carbonyl (C=O) groups excluding carboxylic acids is 2. The SMILES string of the molecule is COc1ccc(CC(=O)NCc2nnc(SCC(=O)Nc3cccc(Br)c3)n2C)cc1. The first-order chi connectivity index (χ1) is 14.9. The van der Waals surface area contributed by atoms with Crippen molar-refractivity contribution in [3.8, 4) is 5.75 Å². The van der Waals surface area contributed by atoms with Crippen LogP contribution in [0.2, 0.25) is 0 Å². The Balaban J connectivity index is 1.46. The van der Waals surface area contributed by atoms with Crippen molar-refractivity contribution in [2.45, 2.75) is 18.1 Å². The van der Waals surface area contributed by atoms with Crippen molar-refractivity contribution in [3.05, 3.63) is 64.4 Å². The maximum atomic E-state index is 12.2. The van der Waals surface area contributed by atoms with Crippen LogP contribution in [0.1, 0.15) is 11.4 Å². The van der Waals surface area contributed by atoms with Gasteiger partial charge in [-0.05, 0) is 35.9 Å². The Labute approximate surface area is 192 Å². The third-order valence-corrected chi connectivity index (χ3v) is 5.85. The molecule has 0 saturated carbocycles. The van der Waals surface area contributed by atoms with Gasteiger partial charge in [0.25, 0.3) is 0 Å². The lowest BCUT2D eigenvalue weighted by atomic mass is 10.1. The first-order valence-electron chi connectivity index (χ1n) is 9.40.